The van der Waals surface area contributed by atoms with E-state index in [2.05, 4.69) is 204 Å². The van der Waals surface area contributed by atoms with Crippen LogP contribution in [0.4, 0.5) is 34.1 Å². The molecule has 0 spiro atoms. The van der Waals surface area contributed by atoms with Gasteiger partial charge in [-0.15, -0.1) is 0 Å². The van der Waals surface area contributed by atoms with Gasteiger partial charge in [-0.05, 0) is 101 Å². The molecule has 0 fully saturated rings. The second-order valence-corrected chi connectivity index (χ2v) is 12.6. The summed E-state index contributed by atoms with van der Waals surface area (Å²) in [6.07, 6.45) is 0. The minimum absolute atomic E-state index is 0.876. The van der Waals surface area contributed by atoms with E-state index in [9.17, 15) is 0 Å². The molecule has 3 heteroatoms. The average Bonchev–Trinajstić information content (AvgIpc) is 3.58. The lowest BCUT2D eigenvalue weighted by atomic mass is 10.0. The van der Waals surface area contributed by atoms with Crippen molar-refractivity contribution >= 4 is 56.1 Å². The third kappa shape index (κ3) is 5.92. The van der Waals surface area contributed by atoms with Crippen LogP contribution >= 0.6 is 0 Å². The van der Waals surface area contributed by atoms with Crippen LogP contribution in [0.2, 0.25) is 0 Å². The molecule has 3 nitrogen and oxygen atoms in total. The molecule has 1 heterocycles. The van der Waals surface area contributed by atoms with Gasteiger partial charge in [-0.25, -0.2) is 0 Å². The second-order valence-electron chi connectivity index (χ2n) is 12.6. The minimum atomic E-state index is 0.876. The van der Waals surface area contributed by atoms with Crippen molar-refractivity contribution in [2.24, 2.45) is 0 Å². The van der Waals surface area contributed by atoms with Gasteiger partial charge in [0.05, 0.1) is 0 Å². The maximum absolute atomic E-state index is 6.24. The zero-order valence-corrected chi connectivity index (χ0v) is 27.9. The molecule has 51 heavy (non-hydrogen) atoms. The molecule has 0 radical (unpaired) electrons. The van der Waals surface area contributed by atoms with Crippen molar-refractivity contribution in [1.29, 1.82) is 0 Å². The lowest BCUT2D eigenvalue weighted by Gasteiger charge is -2.30. The van der Waals surface area contributed by atoms with E-state index in [1.165, 1.54) is 11.1 Å². The quantitative estimate of drug-likeness (QED) is 0.163. The molecule has 8 aromatic carbocycles. The summed E-state index contributed by atoms with van der Waals surface area (Å²) in [4.78, 5) is 4.69. The van der Waals surface area contributed by atoms with E-state index in [4.69, 9.17) is 4.42 Å². The first-order chi connectivity index (χ1) is 25.3. The Morgan fingerprint density at radius 3 is 1.29 bits per heavy atom. The van der Waals surface area contributed by atoms with Gasteiger partial charge in [-0.3, -0.25) is 0 Å². The molecule has 0 atom stereocenters. The highest BCUT2D eigenvalue weighted by Crippen LogP contribution is 2.44. The highest BCUT2D eigenvalue weighted by Gasteiger charge is 2.20. The van der Waals surface area contributed by atoms with Gasteiger partial charge in [-0.1, -0.05) is 127 Å². The lowest BCUT2D eigenvalue weighted by Crippen LogP contribution is -2.13. The average molecular weight is 655 g/mol. The van der Waals surface area contributed by atoms with Crippen LogP contribution in [0.3, 0.4) is 0 Å². The lowest BCUT2D eigenvalue weighted by molar-refractivity contribution is 0.669. The van der Waals surface area contributed by atoms with Crippen LogP contribution in [0.1, 0.15) is 0 Å². The van der Waals surface area contributed by atoms with Crippen LogP contribution < -0.4 is 9.80 Å². The Hall–Kier alpha value is -6.84. The van der Waals surface area contributed by atoms with Crippen molar-refractivity contribution in [1.82, 2.24) is 0 Å². The second kappa shape index (κ2) is 13.2. The van der Waals surface area contributed by atoms with Crippen LogP contribution in [0, 0.1) is 0 Å². The standard InChI is InChI=1S/C48H34N2O/c1-5-15-35(16-6-1)37-25-27-41(28-26-37)49(39-19-9-3-10-20-39)43-31-38(36-17-7-2-8-18-36)32-44(33-43)50(40-21-11-4-12-22-40)42-29-30-48-46(34-42)45-23-13-14-24-47(45)51-48/h1-34H. The summed E-state index contributed by atoms with van der Waals surface area (Å²) in [5, 5.41) is 2.20. The number of para-hydroxylation sites is 3. The Labute approximate surface area is 297 Å². The number of hydrogen-bond donors (Lipinski definition) is 0. The number of benzene rings is 8. The van der Waals surface area contributed by atoms with E-state index in [-0.39, 0.29) is 0 Å². The largest absolute Gasteiger partial charge is 0.456 e. The van der Waals surface area contributed by atoms with Crippen molar-refractivity contribution in [2.75, 3.05) is 9.80 Å². The number of fused-ring (bicyclic) bond motifs is 3. The molecule has 1 aromatic heterocycles. The first kappa shape index (κ1) is 30.2. The van der Waals surface area contributed by atoms with Gasteiger partial charge in [0.25, 0.3) is 0 Å². The number of anilines is 6. The molecule has 9 rings (SSSR count). The Morgan fingerprint density at radius 2 is 0.686 bits per heavy atom. The number of nitrogens with zero attached hydrogens (tertiary/aromatic N) is 2. The van der Waals surface area contributed by atoms with Crippen LogP contribution in [-0.2, 0) is 0 Å². The predicted molar refractivity (Wildman–Crippen MR) is 214 cm³/mol. The molecule has 0 amide bonds. The van der Waals surface area contributed by atoms with Gasteiger partial charge >= 0.3 is 0 Å². The number of furan rings is 1. The SMILES string of the molecule is c1ccc(-c2ccc(N(c3ccccc3)c3cc(-c4ccccc4)cc(N(c4ccccc4)c4ccc5oc6ccccc6c5c4)c3)cc2)cc1. The molecule has 0 bridgehead atoms. The molecule has 9 aromatic rings. The molecular formula is C48H34N2O. The van der Waals surface area contributed by atoms with Gasteiger partial charge in [-0.2, -0.15) is 0 Å². The zero-order chi connectivity index (χ0) is 34.0. The smallest absolute Gasteiger partial charge is 0.135 e. The Kier molecular flexibility index (Phi) is 7.84. The van der Waals surface area contributed by atoms with Crippen molar-refractivity contribution in [3.05, 3.63) is 206 Å². The molecular weight excluding hydrogens is 621 g/mol. The zero-order valence-electron chi connectivity index (χ0n) is 27.9. The fourth-order valence-corrected chi connectivity index (χ4v) is 6.99. The first-order valence-corrected chi connectivity index (χ1v) is 17.3. The molecule has 0 aliphatic heterocycles. The van der Waals surface area contributed by atoms with E-state index in [1.54, 1.807) is 0 Å². The van der Waals surface area contributed by atoms with E-state index in [1.807, 2.05) is 12.1 Å². The third-order valence-electron chi connectivity index (χ3n) is 9.41. The first-order valence-electron chi connectivity index (χ1n) is 17.3. The Morgan fingerprint density at radius 1 is 0.255 bits per heavy atom. The van der Waals surface area contributed by atoms with Crippen molar-refractivity contribution < 1.29 is 4.42 Å². The van der Waals surface area contributed by atoms with Crippen LogP contribution in [-0.4, -0.2) is 0 Å². The summed E-state index contributed by atoms with van der Waals surface area (Å²) in [5.41, 5.74) is 12.8. The molecule has 0 saturated heterocycles. The number of hydrogen-bond acceptors (Lipinski definition) is 3. The van der Waals surface area contributed by atoms with Crippen LogP contribution in [0.25, 0.3) is 44.2 Å². The van der Waals surface area contributed by atoms with E-state index in [0.717, 1.165) is 67.2 Å². The van der Waals surface area contributed by atoms with Crippen LogP contribution in [0.5, 0.6) is 0 Å². The fourth-order valence-electron chi connectivity index (χ4n) is 6.99. The van der Waals surface area contributed by atoms with Gasteiger partial charge < -0.3 is 14.2 Å². The van der Waals surface area contributed by atoms with E-state index >= 15 is 0 Å². The molecule has 0 N–H and O–H groups in total. The van der Waals surface area contributed by atoms with Crippen molar-refractivity contribution in [2.45, 2.75) is 0 Å². The number of rotatable bonds is 8. The molecule has 0 saturated carbocycles. The Bertz CT molecular complexity index is 2560. The minimum Gasteiger partial charge on any atom is -0.456 e. The molecule has 0 aliphatic carbocycles. The van der Waals surface area contributed by atoms with Crippen molar-refractivity contribution in [3.63, 3.8) is 0 Å². The summed E-state index contributed by atoms with van der Waals surface area (Å²) >= 11 is 0. The van der Waals surface area contributed by atoms with E-state index in [0.29, 0.717) is 0 Å². The van der Waals surface area contributed by atoms with Gasteiger partial charge in [0, 0.05) is 44.9 Å². The summed E-state index contributed by atoms with van der Waals surface area (Å²) < 4.78 is 6.24. The summed E-state index contributed by atoms with van der Waals surface area (Å²) in [7, 11) is 0. The van der Waals surface area contributed by atoms with Gasteiger partial charge in [0.2, 0.25) is 0 Å². The highest BCUT2D eigenvalue weighted by atomic mass is 16.3. The highest BCUT2D eigenvalue weighted by molar-refractivity contribution is 6.06. The van der Waals surface area contributed by atoms with Gasteiger partial charge in [0.1, 0.15) is 11.2 Å². The molecule has 0 unspecified atom stereocenters. The van der Waals surface area contributed by atoms with E-state index < -0.39 is 0 Å². The summed E-state index contributed by atoms with van der Waals surface area (Å²) in [6.45, 7) is 0. The van der Waals surface area contributed by atoms with Crippen LogP contribution in [0.15, 0.2) is 211 Å². The summed E-state index contributed by atoms with van der Waals surface area (Å²) in [6, 6.07) is 72.9. The topological polar surface area (TPSA) is 19.6 Å². The fraction of sp³-hybridized carbons (Fsp3) is 0. The predicted octanol–water partition coefficient (Wildman–Crippen LogP) is 13.9. The monoisotopic (exact) mass is 654 g/mol. The normalized spacial score (nSPS) is 11.1. The molecule has 242 valence electrons. The third-order valence-corrected chi connectivity index (χ3v) is 9.41. The summed E-state index contributed by atoms with van der Waals surface area (Å²) in [5.74, 6) is 0. The van der Waals surface area contributed by atoms with Crippen molar-refractivity contribution in [3.8, 4) is 22.3 Å². The van der Waals surface area contributed by atoms with Gasteiger partial charge in [0.15, 0.2) is 0 Å². The Balaban J connectivity index is 1.26. The maximum atomic E-state index is 6.24. The molecule has 0 aliphatic rings. The maximum Gasteiger partial charge on any atom is 0.135 e.